The second-order valence-electron chi connectivity index (χ2n) is 4.58. The average molecular weight is 315 g/mol. The molecule has 1 amide bonds. The summed E-state index contributed by atoms with van der Waals surface area (Å²) in [4.78, 5) is 12.9. The average Bonchev–Trinajstić information content (AvgIpc) is 3.11. The highest BCUT2D eigenvalue weighted by molar-refractivity contribution is 7.18. The number of rotatable bonds is 4. The summed E-state index contributed by atoms with van der Waals surface area (Å²) >= 11 is 2.95. The highest BCUT2D eigenvalue weighted by Gasteiger charge is 2.10. The summed E-state index contributed by atoms with van der Waals surface area (Å²) < 4.78 is 0. The molecule has 3 aromatic rings. The molecule has 0 atom stereocenters. The van der Waals surface area contributed by atoms with Crippen LogP contribution in [0.25, 0.3) is 10.6 Å². The van der Waals surface area contributed by atoms with Crippen molar-refractivity contribution in [1.82, 2.24) is 10.2 Å². The van der Waals surface area contributed by atoms with E-state index < -0.39 is 0 Å². The van der Waals surface area contributed by atoms with Crippen LogP contribution in [0.3, 0.4) is 0 Å². The number of hydrogen-bond acceptors (Lipinski definition) is 5. The molecule has 3 rings (SSSR count). The number of nitrogens with zero attached hydrogens (tertiary/aromatic N) is 2. The van der Waals surface area contributed by atoms with Crippen molar-refractivity contribution < 1.29 is 4.79 Å². The minimum atomic E-state index is -0.0657. The first kappa shape index (κ1) is 13.9. The molecule has 0 saturated carbocycles. The van der Waals surface area contributed by atoms with Crippen molar-refractivity contribution in [3.8, 4) is 10.6 Å². The van der Waals surface area contributed by atoms with Gasteiger partial charge in [-0.3, -0.25) is 4.79 Å². The van der Waals surface area contributed by atoms with Crippen molar-refractivity contribution in [2.75, 3.05) is 5.32 Å². The van der Waals surface area contributed by atoms with Crippen LogP contribution in [0.15, 0.2) is 41.8 Å². The highest BCUT2D eigenvalue weighted by Crippen LogP contribution is 2.26. The summed E-state index contributed by atoms with van der Waals surface area (Å²) in [5, 5.41) is 14.2. The van der Waals surface area contributed by atoms with E-state index in [-0.39, 0.29) is 5.91 Å². The summed E-state index contributed by atoms with van der Waals surface area (Å²) in [5.74, 6) is -0.0657. The fourth-order valence-corrected chi connectivity index (χ4v) is 3.29. The first-order valence-corrected chi connectivity index (χ1v) is 8.13. The van der Waals surface area contributed by atoms with Crippen LogP contribution in [0.5, 0.6) is 0 Å². The predicted molar refractivity (Wildman–Crippen MR) is 86.7 cm³/mol. The van der Waals surface area contributed by atoms with Gasteiger partial charge in [0.2, 0.25) is 11.0 Å². The van der Waals surface area contributed by atoms with Gasteiger partial charge in [0.05, 0.1) is 6.42 Å². The molecule has 0 spiro atoms. The van der Waals surface area contributed by atoms with E-state index in [4.69, 9.17) is 0 Å². The van der Waals surface area contributed by atoms with Crippen LogP contribution in [-0.4, -0.2) is 16.1 Å². The van der Waals surface area contributed by atoms with E-state index in [0.29, 0.717) is 11.6 Å². The quantitative estimate of drug-likeness (QED) is 0.797. The van der Waals surface area contributed by atoms with Gasteiger partial charge in [-0.25, -0.2) is 0 Å². The van der Waals surface area contributed by atoms with Gasteiger partial charge in [-0.1, -0.05) is 47.2 Å². The second kappa shape index (κ2) is 6.15. The van der Waals surface area contributed by atoms with Crippen LogP contribution in [0.1, 0.15) is 10.4 Å². The van der Waals surface area contributed by atoms with Gasteiger partial charge in [0.1, 0.15) is 5.01 Å². The standard InChI is InChI=1S/C15H13N3OS2/c1-10-4-6-11(7-5-10)14-17-18-15(21-14)16-13(19)9-12-3-2-8-20-12/h2-8H,9H2,1H3,(H,16,18,19). The number of hydrogen-bond donors (Lipinski definition) is 1. The zero-order chi connectivity index (χ0) is 14.7. The lowest BCUT2D eigenvalue weighted by Crippen LogP contribution is -2.13. The Balaban J connectivity index is 1.67. The van der Waals surface area contributed by atoms with Gasteiger partial charge in [0.25, 0.3) is 0 Å². The molecule has 21 heavy (non-hydrogen) atoms. The second-order valence-corrected chi connectivity index (χ2v) is 6.59. The van der Waals surface area contributed by atoms with Gasteiger partial charge >= 0.3 is 0 Å². The van der Waals surface area contributed by atoms with E-state index in [2.05, 4.69) is 15.5 Å². The zero-order valence-corrected chi connectivity index (χ0v) is 13.0. The predicted octanol–water partition coefficient (Wildman–Crippen LogP) is 3.76. The SMILES string of the molecule is Cc1ccc(-c2nnc(NC(=O)Cc3cccs3)s2)cc1. The molecule has 0 fully saturated rings. The van der Waals surface area contributed by atoms with Crippen molar-refractivity contribution in [2.24, 2.45) is 0 Å². The zero-order valence-electron chi connectivity index (χ0n) is 11.4. The van der Waals surface area contributed by atoms with Crippen LogP contribution in [0.4, 0.5) is 5.13 Å². The number of benzene rings is 1. The minimum Gasteiger partial charge on any atom is -0.300 e. The van der Waals surface area contributed by atoms with Gasteiger partial charge < -0.3 is 5.32 Å². The molecule has 1 N–H and O–H groups in total. The Hall–Kier alpha value is -2.05. The van der Waals surface area contributed by atoms with Crippen LogP contribution in [0.2, 0.25) is 0 Å². The summed E-state index contributed by atoms with van der Waals surface area (Å²) in [6.07, 6.45) is 0.372. The largest absolute Gasteiger partial charge is 0.300 e. The van der Waals surface area contributed by atoms with E-state index >= 15 is 0 Å². The number of amides is 1. The molecule has 106 valence electrons. The van der Waals surface area contributed by atoms with Crippen LogP contribution >= 0.6 is 22.7 Å². The van der Waals surface area contributed by atoms with E-state index in [0.717, 1.165) is 15.4 Å². The van der Waals surface area contributed by atoms with Crippen LogP contribution in [-0.2, 0) is 11.2 Å². The summed E-state index contributed by atoms with van der Waals surface area (Å²) in [5.41, 5.74) is 2.21. The fraction of sp³-hybridized carbons (Fsp3) is 0.133. The Labute approximate surface area is 130 Å². The molecule has 6 heteroatoms. The fourth-order valence-electron chi connectivity index (χ4n) is 1.82. The van der Waals surface area contributed by atoms with Gasteiger partial charge in [0, 0.05) is 10.4 Å². The Morgan fingerprint density at radius 2 is 2.00 bits per heavy atom. The number of nitrogens with one attached hydrogen (secondary N) is 1. The van der Waals surface area contributed by atoms with Gasteiger partial charge in [0.15, 0.2) is 0 Å². The number of carbonyl (C=O) groups is 1. The van der Waals surface area contributed by atoms with Crippen molar-refractivity contribution >= 4 is 33.7 Å². The normalized spacial score (nSPS) is 10.5. The molecule has 2 heterocycles. The van der Waals surface area contributed by atoms with Gasteiger partial charge in [-0.15, -0.1) is 21.5 Å². The van der Waals surface area contributed by atoms with Gasteiger partial charge in [-0.2, -0.15) is 0 Å². The summed E-state index contributed by atoms with van der Waals surface area (Å²) in [6.45, 7) is 2.04. The minimum absolute atomic E-state index is 0.0657. The third-order valence-electron chi connectivity index (χ3n) is 2.88. The summed E-state index contributed by atoms with van der Waals surface area (Å²) in [6, 6.07) is 12.0. The monoisotopic (exact) mass is 315 g/mol. The van der Waals surface area contributed by atoms with E-state index in [9.17, 15) is 4.79 Å². The Morgan fingerprint density at radius 3 is 2.71 bits per heavy atom. The lowest BCUT2D eigenvalue weighted by atomic mass is 10.2. The molecular formula is C15H13N3OS2. The number of aromatic nitrogens is 2. The lowest BCUT2D eigenvalue weighted by Gasteiger charge is -1.98. The van der Waals surface area contributed by atoms with Crippen molar-refractivity contribution in [1.29, 1.82) is 0 Å². The van der Waals surface area contributed by atoms with Crippen LogP contribution < -0.4 is 5.32 Å². The van der Waals surface area contributed by atoms with Crippen molar-refractivity contribution in [3.63, 3.8) is 0 Å². The highest BCUT2D eigenvalue weighted by atomic mass is 32.1. The number of aryl methyl sites for hydroxylation is 1. The number of thiophene rings is 1. The Kier molecular flexibility index (Phi) is 4.08. The molecule has 0 radical (unpaired) electrons. The van der Waals surface area contributed by atoms with E-state index in [1.54, 1.807) is 11.3 Å². The first-order valence-electron chi connectivity index (χ1n) is 6.43. The third-order valence-corrected chi connectivity index (χ3v) is 4.65. The number of anilines is 1. The van der Waals surface area contributed by atoms with Crippen LogP contribution in [0, 0.1) is 6.92 Å². The lowest BCUT2D eigenvalue weighted by molar-refractivity contribution is -0.115. The van der Waals surface area contributed by atoms with Crippen molar-refractivity contribution in [2.45, 2.75) is 13.3 Å². The van der Waals surface area contributed by atoms with Crippen molar-refractivity contribution in [3.05, 3.63) is 52.2 Å². The Morgan fingerprint density at radius 1 is 1.19 bits per heavy atom. The molecule has 0 aliphatic heterocycles. The number of carbonyl (C=O) groups excluding carboxylic acids is 1. The molecule has 2 aromatic heterocycles. The molecule has 0 aliphatic carbocycles. The maximum absolute atomic E-state index is 11.9. The summed E-state index contributed by atoms with van der Waals surface area (Å²) in [7, 11) is 0. The smallest absolute Gasteiger partial charge is 0.231 e. The molecule has 4 nitrogen and oxygen atoms in total. The van der Waals surface area contributed by atoms with Gasteiger partial charge in [-0.05, 0) is 18.4 Å². The van der Waals surface area contributed by atoms with E-state index in [1.807, 2.05) is 48.7 Å². The maximum Gasteiger partial charge on any atom is 0.231 e. The molecule has 0 saturated heterocycles. The molecular weight excluding hydrogens is 302 g/mol. The maximum atomic E-state index is 11.9. The topological polar surface area (TPSA) is 54.9 Å². The van der Waals surface area contributed by atoms with E-state index in [1.165, 1.54) is 16.9 Å². The third kappa shape index (κ3) is 3.53. The first-order chi connectivity index (χ1) is 10.2. The molecule has 0 unspecified atom stereocenters. The molecule has 0 aliphatic rings. The molecule has 0 bridgehead atoms. The Bertz CT molecular complexity index is 733. The molecule has 1 aromatic carbocycles.